The fourth-order valence-electron chi connectivity index (χ4n) is 1.45. The largest absolute Gasteiger partial charge is 0.390 e. The molecule has 1 aliphatic heterocycles. The van der Waals surface area contributed by atoms with Crippen molar-refractivity contribution in [2.24, 2.45) is 0 Å². The lowest BCUT2D eigenvalue weighted by Crippen LogP contribution is -2.67. The van der Waals surface area contributed by atoms with E-state index in [0.717, 1.165) is 6.92 Å². The third kappa shape index (κ3) is 2.29. The standard InChI is InChI=1S/C8H13F2NO5/c1-3(13)11-4-5(14)6(15)8(10,2-12)16-7(4)9/h4-7,12,14-15H,2H2,1H3,(H,11,13)/t4-,5-,6+,7+,8-/m1/s1. The summed E-state index contributed by atoms with van der Waals surface area (Å²) in [6.45, 7) is -0.242. The van der Waals surface area contributed by atoms with Gasteiger partial charge in [-0.15, -0.1) is 0 Å². The van der Waals surface area contributed by atoms with Crippen LogP contribution < -0.4 is 5.32 Å². The molecule has 1 rings (SSSR count). The molecule has 1 amide bonds. The van der Waals surface area contributed by atoms with Gasteiger partial charge in [0.25, 0.3) is 5.85 Å². The van der Waals surface area contributed by atoms with Crippen molar-refractivity contribution in [1.82, 2.24) is 5.32 Å². The van der Waals surface area contributed by atoms with Crippen LogP contribution in [0.25, 0.3) is 0 Å². The maximum Gasteiger partial charge on any atom is 0.263 e. The van der Waals surface area contributed by atoms with E-state index < -0.39 is 43.0 Å². The molecule has 0 aromatic rings. The van der Waals surface area contributed by atoms with Gasteiger partial charge in [0.05, 0.1) is 0 Å². The number of ether oxygens (including phenoxy) is 1. The van der Waals surface area contributed by atoms with Crippen molar-refractivity contribution < 1.29 is 33.6 Å². The first-order valence-electron chi connectivity index (χ1n) is 4.56. The van der Waals surface area contributed by atoms with E-state index >= 15 is 0 Å². The molecule has 0 spiro atoms. The number of amides is 1. The molecule has 16 heavy (non-hydrogen) atoms. The molecule has 0 unspecified atom stereocenters. The molecule has 6 nitrogen and oxygen atoms in total. The monoisotopic (exact) mass is 241 g/mol. The Bertz CT molecular complexity index is 279. The summed E-state index contributed by atoms with van der Waals surface area (Å²) in [6.07, 6.45) is -6.43. The van der Waals surface area contributed by atoms with Crippen LogP contribution >= 0.6 is 0 Å². The number of alkyl halides is 2. The van der Waals surface area contributed by atoms with Crippen molar-refractivity contribution in [3.63, 3.8) is 0 Å². The van der Waals surface area contributed by atoms with E-state index in [2.05, 4.69) is 4.74 Å². The number of hydrogen-bond donors (Lipinski definition) is 4. The van der Waals surface area contributed by atoms with Gasteiger partial charge in [-0.3, -0.25) is 4.79 Å². The highest BCUT2D eigenvalue weighted by Gasteiger charge is 2.55. The average molecular weight is 241 g/mol. The summed E-state index contributed by atoms with van der Waals surface area (Å²) in [4.78, 5) is 10.7. The van der Waals surface area contributed by atoms with Gasteiger partial charge in [-0.05, 0) is 0 Å². The van der Waals surface area contributed by atoms with Gasteiger partial charge >= 0.3 is 0 Å². The van der Waals surface area contributed by atoms with Crippen LogP contribution in [0.3, 0.4) is 0 Å². The fraction of sp³-hybridized carbons (Fsp3) is 0.875. The molecule has 0 aromatic heterocycles. The molecule has 1 heterocycles. The molecule has 5 atom stereocenters. The van der Waals surface area contributed by atoms with E-state index in [1.807, 2.05) is 5.32 Å². The lowest BCUT2D eigenvalue weighted by atomic mass is 9.96. The van der Waals surface area contributed by atoms with E-state index in [1.54, 1.807) is 0 Å². The Morgan fingerprint density at radius 3 is 2.56 bits per heavy atom. The highest BCUT2D eigenvalue weighted by Crippen LogP contribution is 2.31. The molecule has 1 fully saturated rings. The minimum absolute atomic E-state index is 0.669. The summed E-state index contributed by atoms with van der Waals surface area (Å²) in [7, 11) is 0. The molecule has 1 saturated heterocycles. The fourth-order valence-corrected chi connectivity index (χ4v) is 1.45. The molecule has 1 aliphatic rings. The van der Waals surface area contributed by atoms with Crippen LogP contribution in [-0.4, -0.2) is 58.3 Å². The van der Waals surface area contributed by atoms with Gasteiger partial charge in [0.1, 0.15) is 24.9 Å². The summed E-state index contributed by atoms with van der Waals surface area (Å²) in [5.41, 5.74) is 0. The smallest absolute Gasteiger partial charge is 0.263 e. The van der Waals surface area contributed by atoms with E-state index in [-0.39, 0.29) is 0 Å². The van der Waals surface area contributed by atoms with Gasteiger partial charge in [0.15, 0.2) is 0 Å². The first-order valence-corrected chi connectivity index (χ1v) is 4.56. The summed E-state index contributed by atoms with van der Waals surface area (Å²) in [5, 5.41) is 29.2. The Kier molecular flexibility index (Phi) is 3.79. The van der Waals surface area contributed by atoms with Crippen molar-refractivity contribution in [1.29, 1.82) is 0 Å². The Hall–Kier alpha value is -0.830. The van der Waals surface area contributed by atoms with Crippen LogP contribution in [-0.2, 0) is 9.53 Å². The van der Waals surface area contributed by atoms with Crippen LogP contribution in [0.4, 0.5) is 8.78 Å². The molecule has 0 radical (unpaired) electrons. The first kappa shape index (κ1) is 13.2. The Balaban J connectivity index is 2.83. The number of carbonyl (C=O) groups is 1. The van der Waals surface area contributed by atoms with Gasteiger partial charge in [0, 0.05) is 6.92 Å². The number of aliphatic hydroxyl groups excluding tert-OH is 3. The van der Waals surface area contributed by atoms with Gasteiger partial charge < -0.3 is 25.4 Å². The van der Waals surface area contributed by atoms with E-state index in [9.17, 15) is 23.8 Å². The predicted molar refractivity (Wildman–Crippen MR) is 46.5 cm³/mol. The van der Waals surface area contributed by atoms with E-state index in [0.29, 0.717) is 0 Å². The zero-order valence-electron chi connectivity index (χ0n) is 8.43. The predicted octanol–water partition coefficient (Wildman–Crippen LogP) is -1.80. The van der Waals surface area contributed by atoms with E-state index in [1.165, 1.54) is 0 Å². The quantitative estimate of drug-likeness (QED) is 0.457. The lowest BCUT2D eigenvalue weighted by molar-refractivity contribution is -0.329. The van der Waals surface area contributed by atoms with Crippen molar-refractivity contribution in [3.05, 3.63) is 0 Å². The normalized spacial score (nSPS) is 44.1. The number of aliphatic hydroxyl groups is 3. The topological polar surface area (TPSA) is 99.0 Å². The third-order valence-electron chi connectivity index (χ3n) is 2.31. The molecule has 4 N–H and O–H groups in total. The van der Waals surface area contributed by atoms with Crippen molar-refractivity contribution in [2.75, 3.05) is 6.61 Å². The maximum atomic E-state index is 13.5. The third-order valence-corrected chi connectivity index (χ3v) is 2.31. The molecule has 94 valence electrons. The summed E-state index contributed by atoms with van der Waals surface area (Å²) < 4.78 is 30.8. The van der Waals surface area contributed by atoms with Gasteiger partial charge in [0.2, 0.25) is 12.3 Å². The van der Waals surface area contributed by atoms with Crippen LogP contribution in [0.15, 0.2) is 0 Å². The highest BCUT2D eigenvalue weighted by atomic mass is 19.2. The van der Waals surface area contributed by atoms with Crippen LogP contribution in [0.1, 0.15) is 6.92 Å². The Labute approximate surface area is 89.8 Å². The number of nitrogens with one attached hydrogen (secondary N) is 1. The maximum absolute atomic E-state index is 13.5. The zero-order chi connectivity index (χ0) is 12.5. The number of rotatable bonds is 2. The van der Waals surface area contributed by atoms with Crippen LogP contribution in [0.2, 0.25) is 0 Å². The molecule has 0 aromatic carbocycles. The second kappa shape index (κ2) is 4.58. The highest BCUT2D eigenvalue weighted by molar-refractivity contribution is 5.73. The van der Waals surface area contributed by atoms with Crippen molar-refractivity contribution in [3.8, 4) is 0 Å². The average Bonchev–Trinajstić information content (AvgIpc) is 2.21. The van der Waals surface area contributed by atoms with Gasteiger partial charge in [-0.2, -0.15) is 0 Å². The molecule has 0 bridgehead atoms. The van der Waals surface area contributed by atoms with Crippen LogP contribution in [0.5, 0.6) is 0 Å². The molecular formula is C8H13F2NO5. The Morgan fingerprint density at radius 2 is 2.12 bits per heavy atom. The number of carbonyl (C=O) groups excluding carboxylic acids is 1. The summed E-state index contributed by atoms with van der Waals surface area (Å²) in [6, 6.07) is -1.58. The Morgan fingerprint density at radius 1 is 1.56 bits per heavy atom. The van der Waals surface area contributed by atoms with Crippen molar-refractivity contribution >= 4 is 5.91 Å². The van der Waals surface area contributed by atoms with Gasteiger partial charge in [-0.1, -0.05) is 0 Å². The number of hydrogen-bond acceptors (Lipinski definition) is 5. The lowest BCUT2D eigenvalue weighted by Gasteiger charge is -2.42. The van der Waals surface area contributed by atoms with Gasteiger partial charge in [-0.25, -0.2) is 8.78 Å². The minimum Gasteiger partial charge on any atom is -0.390 e. The molecule has 0 aliphatic carbocycles. The SMILES string of the molecule is CC(=O)N[C@@H]1[C@@H](O)[C@H](O)[C@@](F)(CO)O[C@@H]1F. The molecule has 0 saturated carbocycles. The summed E-state index contributed by atoms with van der Waals surface area (Å²) >= 11 is 0. The second-order valence-electron chi connectivity index (χ2n) is 3.58. The number of halogens is 2. The minimum atomic E-state index is -3.08. The van der Waals surface area contributed by atoms with Crippen LogP contribution in [0, 0.1) is 0 Å². The first-order chi connectivity index (χ1) is 7.31. The van der Waals surface area contributed by atoms with E-state index in [4.69, 9.17) is 5.11 Å². The molecule has 8 heteroatoms. The summed E-state index contributed by atoms with van der Waals surface area (Å²) in [5.74, 6) is -3.74. The second-order valence-corrected chi connectivity index (χ2v) is 3.58. The zero-order valence-corrected chi connectivity index (χ0v) is 8.43. The molecular weight excluding hydrogens is 228 g/mol. The van der Waals surface area contributed by atoms with Crippen molar-refractivity contribution in [2.45, 2.75) is 37.4 Å².